The average Bonchev–Trinajstić information content (AvgIpc) is 2.92. The third-order valence-corrected chi connectivity index (χ3v) is 3.93. The Kier molecular flexibility index (Phi) is 5.99. The lowest BCUT2D eigenvalue weighted by Gasteiger charge is -2.23. The molecule has 0 aromatic heterocycles. The minimum atomic E-state index is -0.525. The van der Waals surface area contributed by atoms with Crippen molar-refractivity contribution >= 4 is 17.5 Å². The van der Waals surface area contributed by atoms with Crippen LogP contribution in [0.2, 0.25) is 5.02 Å². The molecule has 1 fully saturated rings. The number of hydrogen-bond acceptors (Lipinski definition) is 4. The fourth-order valence-corrected chi connectivity index (χ4v) is 2.67. The maximum absolute atomic E-state index is 13.1. The summed E-state index contributed by atoms with van der Waals surface area (Å²) in [5, 5.41) is -0.0390. The van der Waals surface area contributed by atoms with Gasteiger partial charge in [0.2, 0.25) is 0 Å². The number of carbonyl (C=O) groups is 1. The molecule has 0 bridgehead atoms. The zero-order valence-electron chi connectivity index (χ0n) is 12.6. The van der Waals surface area contributed by atoms with Crippen LogP contribution in [0.4, 0.5) is 4.39 Å². The molecular weight excluding hydrogens is 313 g/mol. The summed E-state index contributed by atoms with van der Waals surface area (Å²) in [6.45, 7) is 0.823. The number of halogens is 2. The number of methoxy groups -OCH3 is 2. The zero-order valence-corrected chi connectivity index (χ0v) is 13.3. The number of ether oxygens (including phenoxy) is 3. The zero-order chi connectivity index (χ0) is 16.1. The van der Waals surface area contributed by atoms with Gasteiger partial charge in [0.1, 0.15) is 11.6 Å². The summed E-state index contributed by atoms with van der Waals surface area (Å²) >= 11 is 5.68. The summed E-state index contributed by atoms with van der Waals surface area (Å²) in [5.74, 6) is -0.337. The Hall–Kier alpha value is -1.37. The molecule has 1 heterocycles. The van der Waals surface area contributed by atoms with Crippen LogP contribution in [0.3, 0.4) is 0 Å². The molecule has 1 aromatic rings. The van der Waals surface area contributed by atoms with Crippen LogP contribution < -0.4 is 4.74 Å². The van der Waals surface area contributed by atoms with Crippen LogP contribution in [0.15, 0.2) is 18.2 Å². The fraction of sp³-hybridized carbons (Fsp3) is 0.533. The van der Waals surface area contributed by atoms with E-state index in [-0.39, 0.29) is 29.7 Å². The van der Waals surface area contributed by atoms with Crippen LogP contribution in [0.25, 0.3) is 0 Å². The molecule has 2 rings (SSSR count). The minimum absolute atomic E-state index is 0.00404. The fourth-order valence-electron chi connectivity index (χ4n) is 2.49. The van der Waals surface area contributed by atoms with Gasteiger partial charge in [-0.05, 0) is 18.6 Å². The van der Waals surface area contributed by atoms with Crippen LogP contribution in [-0.4, -0.2) is 56.9 Å². The molecule has 1 amide bonds. The molecule has 1 aliphatic heterocycles. The van der Waals surface area contributed by atoms with Crippen LogP contribution in [0, 0.1) is 5.82 Å². The standard InChI is InChI=1S/C15H19ClFNO4/c1-20-8-10-5-12(21-2)7-18(10)15(19)9-22-11-3-4-14(17)13(16)6-11/h3-4,6,10,12H,5,7-9H2,1-2H3/t10-,12-/m0/s1. The van der Waals surface area contributed by atoms with Gasteiger partial charge in [-0.25, -0.2) is 4.39 Å². The molecular formula is C15H19ClFNO4. The number of carbonyl (C=O) groups excluding carboxylic acids is 1. The summed E-state index contributed by atoms with van der Waals surface area (Å²) in [7, 11) is 3.22. The van der Waals surface area contributed by atoms with Gasteiger partial charge in [-0.15, -0.1) is 0 Å². The van der Waals surface area contributed by atoms with E-state index in [1.54, 1.807) is 19.1 Å². The normalized spacial score (nSPS) is 21.2. The molecule has 1 saturated heterocycles. The highest BCUT2D eigenvalue weighted by atomic mass is 35.5. The lowest BCUT2D eigenvalue weighted by Crippen LogP contribution is -2.41. The van der Waals surface area contributed by atoms with E-state index in [1.165, 1.54) is 18.2 Å². The lowest BCUT2D eigenvalue weighted by atomic mass is 10.2. The molecule has 0 saturated carbocycles. The average molecular weight is 332 g/mol. The molecule has 0 N–H and O–H groups in total. The molecule has 122 valence electrons. The number of rotatable bonds is 6. The van der Waals surface area contributed by atoms with Crippen molar-refractivity contribution in [3.63, 3.8) is 0 Å². The Bertz CT molecular complexity index is 528. The van der Waals surface area contributed by atoms with E-state index in [2.05, 4.69) is 0 Å². The molecule has 0 unspecified atom stereocenters. The third kappa shape index (κ3) is 4.09. The van der Waals surface area contributed by atoms with Gasteiger partial charge in [-0.2, -0.15) is 0 Å². The quantitative estimate of drug-likeness (QED) is 0.801. The van der Waals surface area contributed by atoms with E-state index in [4.69, 9.17) is 25.8 Å². The summed E-state index contributed by atoms with van der Waals surface area (Å²) in [6, 6.07) is 3.96. The molecule has 0 radical (unpaired) electrons. The summed E-state index contributed by atoms with van der Waals surface area (Å²) in [4.78, 5) is 14.0. The molecule has 0 spiro atoms. The minimum Gasteiger partial charge on any atom is -0.484 e. The predicted molar refractivity (Wildman–Crippen MR) is 79.7 cm³/mol. The first-order valence-corrected chi connectivity index (χ1v) is 7.32. The highest BCUT2D eigenvalue weighted by Gasteiger charge is 2.35. The summed E-state index contributed by atoms with van der Waals surface area (Å²) < 4.78 is 28.9. The molecule has 0 aliphatic carbocycles. The second kappa shape index (κ2) is 7.76. The summed E-state index contributed by atoms with van der Waals surface area (Å²) in [5.41, 5.74) is 0. The molecule has 2 atom stereocenters. The van der Waals surface area contributed by atoms with Gasteiger partial charge in [0.25, 0.3) is 5.91 Å². The molecule has 1 aliphatic rings. The highest BCUT2D eigenvalue weighted by Crippen LogP contribution is 2.23. The largest absolute Gasteiger partial charge is 0.484 e. The van der Waals surface area contributed by atoms with Crippen molar-refractivity contribution in [1.82, 2.24) is 4.90 Å². The van der Waals surface area contributed by atoms with E-state index < -0.39 is 5.82 Å². The van der Waals surface area contributed by atoms with E-state index in [0.29, 0.717) is 18.9 Å². The van der Waals surface area contributed by atoms with Crippen LogP contribution in [0.1, 0.15) is 6.42 Å². The van der Waals surface area contributed by atoms with Gasteiger partial charge >= 0.3 is 0 Å². The lowest BCUT2D eigenvalue weighted by molar-refractivity contribution is -0.135. The Balaban J connectivity index is 1.94. The Labute approximate surface area is 133 Å². The van der Waals surface area contributed by atoms with E-state index in [1.807, 2.05) is 0 Å². The van der Waals surface area contributed by atoms with E-state index >= 15 is 0 Å². The maximum atomic E-state index is 13.1. The van der Waals surface area contributed by atoms with Crippen LogP contribution in [0.5, 0.6) is 5.75 Å². The van der Waals surface area contributed by atoms with Gasteiger partial charge in [-0.3, -0.25) is 4.79 Å². The Morgan fingerprint density at radius 2 is 2.23 bits per heavy atom. The summed E-state index contributed by atoms with van der Waals surface area (Å²) in [6.07, 6.45) is 0.739. The predicted octanol–water partition coefficient (Wildman–Crippen LogP) is 2.12. The van der Waals surface area contributed by atoms with Crippen molar-refractivity contribution in [1.29, 1.82) is 0 Å². The number of likely N-dealkylation sites (tertiary alicyclic amines) is 1. The first kappa shape index (κ1) is 17.0. The molecule has 5 nitrogen and oxygen atoms in total. The monoisotopic (exact) mass is 331 g/mol. The number of nitrogens with zero attached hydrogens (tertiary/aromatic N) is 1. The second-order valence-corrected chi connectivity index (χ2v) is 5.52. The number of amides is 1. The van der Waals surface area contributed by atoms with Gasteiger partial charge in [0, 0.05) is 26.8 Å². The van der Waals surface area contributed by atoms with Crippen molar-refractivity contribution in [3.8, 4) is 5.75 Å². The molecule has 7 heteroatoms. The van der Waals surface area contributed by atoms with Gasteiger partial charge < -0.3 is 19.1 Å². The third-order valence-electron chi connectivity index (χ3n) is 3.64. The molecule has 1 aromatic carbocycles. The van der Waals surface area contributed by atoms with Crippen molar-refractivity contribution in [3.05, 3.63) is 29.0 Å². The van der Waals surface area contributed by atoms with E-state index in [9.17, 15) is 9.18 Å². The number of benzene rings is 1. The topological polar surface area (TPSA) is 48.0 Å². The van der Waals surface area contributed by atoms with Gasteiger partial charge in [0.15, 0.2) is 6.61 Å². The first-order valence-electron chi connectivity index (χ1n) is 6.94. The van der Waals surface area contributed by atoms with Gasteiger partial charge in [-0.1, -0.05) is 11.6 Å². The number of hydrogen-bond donors (Lipinski definition) is 0. The van der Waals surface area contributed by atoms with Crippen molar-refractivity contribution in [2.75, 3.05) is 34.0 Å². The Morgan fingerprint density at radius 1 is 1.45 bits per heavy atom. The maximum Gasteiger partial charge on any atom is 0.260 e. The highest BCUT2D eigenvalue weighted by molar-refractivity contribution is 6.30. The van der Waals surface area contributed by atoms with Crippen molar-refractivity contribution in [2.45, 2.75) is 18.6 Å². The smallest absolute Gasteiger partial charge is 0.260 e. The van der Waals surface area contributed by atoms with Crippen molar-refractivity contribution < 1.29 is 23.4 Å². The van der Waals surface area contributed by atoms with Crippen LogP contribution in [-0.2, 0) is 14.3 Å². The SMILES string of the molecule is COC[C@@H]1C[C@H](OC)CN1C(=O)COc1ccc(F)c(Cl)c1. The van der Waals surface area contributed by atoms with Crippen molar-refractivity contribution in [2.24, 2.45) is 0 Å². The van der Waals surface area contributed by atoms with Gasteiger partial charge in [0.05, 0.1) is 23.8 Å². The van der Waals surface area contributed by atoms with Crippen LogP contribution >= 0.6 is 11.6 Å². The second-order valence-electron chi connectivity index (χ2n) is 5.11. The first-order chi connectivity index (χ1) is 10.5. The van der Waals surface area contributed by atoms with E-state index in [0.717, 1.165) is 6.42 Å². The Morgan fingerprint density at radius 3 is 2.86 bits per heavy atom. The molecule has 22 heavy (non-hydrogen) atoms.